The standard InChI is InChI=1S/C24H29N3O/c1-25-19-22-12-6-5-11-21(22)18-23(25)24(28)27-16-14-26(15-17-27)13-7-10-20-8-3-2-4-9-20/h2-12,23H,13-19H2,1H3/b10-7+. The summed E-state index contributed by atoms with van der Waals surface area (Å²) in [5.74, 6) is 0.288. The lowest BCUT2D eigenvalue weighted by atomic mass is 9.93. The maximum Gasteiger partial charge on any atom is 0.240 e. The Morgan fingerprint density at radius 3 is 2.39 bits per heavy atom. The van der Waals surface area contributed by atoms with Crippen LogP contribution in [0.1, 0.15) is 16.7 Å². The zero-order valence-corrected chi connectivity index (χ0v) is 16.6. The van der Waals surface area contributed by atoms with Gasteiger partial charge in [0.1, 0.15) is 0 Å². The molecule has 0 radical (unpaired) electrons. The predicted octanol–water partition coefficient (Wildman–Crippen LogP) is 2.90. The molecule has 1 atom stereocenters. The van der Waals surface area contributed by atoms with E-state index in [1.165, 1.54) is 16.7 Å². The Morgan fingerprint density at radius 1 is 0.964 bits per heavy atom. The van der Waals surface area contributed by atoms with Crippen molar-refractivity contribution in [2.24, 2.45) is 0 Å². The van der Waals surface area contributed by atoms with Gasteiger partial charge in [-0.05, 0) is 30.2 Å². The molecule has 4 rings (SSSR count). The number of hydrogen-bond donors (Lipinski definition) is 0. The first-order chi connectivity index (χ1) is 13.7. The number of nitrogens with zero attached hydrogens (tertiary/aromatic N) is 3. The van der Waals surface area contributed by atoms with E-state index >= 15 is 0 Å². The Kier molecular flexibility index (Phi) is 5.89. The van der Waals surface area contributed by atoms with Crippen molar-refractivity contribution in [1.82, 2.24) is 14.7 Å². The Labute approximate surface area is 168 Å². The zero-order valence-electron chi connectivity index (χ0n) is 16.6. The van der Waals surface area contributed by atoms with E-state index in [1.807, 2.05) is 6.07 Å². The summed E-state index contributed by atoms with van der Waals surface area (Å²) < 4.78 is 0. The van der Waals surface area contributed by atoms with Gasteiger partial charge in [-0.15, -0.1) is 0 Å². The third-order valence-corrected chi connectivity index (χ3v) is 5.93. The van der Waals surface area contributed by atoms with Gasteiger partial charge in [0.2, 0.25) is 5.91 Å². The van der Waals surface area contributed by atoms with Crippen molar-refractivity contribution in [1.29, 1.82) is 0 Å². The second-order valence-electron chi connectivity index (χ2n) is 7.84. The summed E-state index contributed by atoms with van der Waals surface area (Å²) in [4.78, 5) is 19.8. The quantitative estimate of drug-likeness (QED) is 0.822. The molecular weight excluding hydrogens is 346 g/mol. The van der Waals surface area contributed by atoms with Gasteiger partial charge < -0.3 is 4.90 Å². The summed E-state index contributed by atoms with van der Waals surface area (Å²) in [5, 5.41) is 0. The van der Waals surface area contributed by atoms with Crippen LogP contribution in [-0.4, -0.2) is 66.4 Å². The third kappa shape index (κ3) is 4.34. The van der Waals surface area contributed by atoms with Gasteiger partial charge >= 0.3 is 0 Å². The van der Waals surface area contributed by atoms with Gasteiger partial charge in [-0.2, -0.15) is 0 Å². The Bertz CT molecular complexity index is 825. The van der Waals surface area contributed by atoms with Crippen molar-refractivity contribution in [3.63, 3.8) is 0 Å². The highest BCUT2D eigenvalue weighted by atomic mass is 16.2. The fourth-order valence-electron chi connectivity index (χ4n) is 4.19. The minimum atomic E-state index is -0.0283. The number of piperazine rings is 1. The van der Waals surface area contributed by atoms with Crippen LogP contribution in [0, 0.1) is 0 Å². The number of hydrogen-bond acceptors (Lipinski definition) is 3. The molecule has 1 saturated heterocycles. The van der Waals surface area contributed by atoms with Crippen molar-refractivity contribution < 1.29 is 4.79 Å². The van der Waals surface area contributed by atoms with Crippen molar-refractivity contribution in [2.75, 3.05) is 39.8 Å². The Balaban J connectivity index is 1.29. The van der Waals surface area contributed by atoms with Crippen LogP contribution in [0.5, 0.6) is 0 Å². The van der Waals surface area contributed by atoms with Crippen LogP contribution < -0.4 is 0 Å². The average Bonchev–Trinajstić information content (AvgIpc) is 2.74. The number of fused-ring (bicyclic) bond motifs is 1. The highest BCUT2D eigenvalue weighted by molar-refractivity contribution is 5.82. The molecular formula is C24H29N3O. The molecule has 4 heteroatoms. The van der Waals surface area contributed by atoms with Gasteiger partial charge in [-0.25, -0.2) is 0 Å². The van der Waals surface area contributed by atoms with Crippen LogP contribution in [0.4, 0.5) is 0 Å². The SMILES string of the molecule is CN1Cc2ccccc2CC1C(=O)N1CCN(C/C=C/c2ccccc2)CC1. The van der Waals surface area contributed by atoms with Crippen molar-refractivity contribution >= 4 is 12.0 Å². The minimum absolute atomic E-state index is 0.0283. The first-order valence-electron chi connectivity index (χ1n) is 10.2. The highest BCUT2D eigenvalue weighted by Gasteiger charge is 2.33. The van der Waals surface area contributed by atoms with E-state index in [0.29, 0.717) is 0 Å². The first-order valence-corrected chi connectivity index (χ1v) is 10.2. The number of carbonyl (C=O) groups is 1. The smallest absolute Gasteiger partial charge is 0.240 e. The van der Waals surface area contributed by atoms with Crippen molar-refractivity contribution in [2.45, 2.75) is 19.0 Å². The summed E-state index contributed by atoms with van der Waals surface area (Å²) in [6.07, 6.45) is 5.22. The summed E-state index contributed by atoms with van der Waals surface area (Å²) in [5.41, 5.74) is 3.91. The summed E-state index contributed by atoms with van der Waals surface area (Å²) in [7, 11) is 2.07. The molecule has 2 aliphatic heterocycles. The molecule has 0 spiro atoms. The monoisotopic (exact) mass is 375 g/mol. The molecule has 1 fully saturated rings. The predicted molar refractivity (Wildman–Crippen MR) is 114 cm³/mol. The van der Waals surface area contributed by atoms with Gasteiger partial charge in [0.15, 0.2) is 0 Å². The van der Waals surface area contributed by atoms with Crippen LogP contribution in [0.3, 0.4) is 0 Å². The Morgan fingerprint density at radius 2 is 1.64 bits per heavy atom. The van der Waals surface area contributed by atoms with Crippen LogP contribution in [0.15, 0.2) is 60.7 Å². The fourth-order valence-corrected chi connectivity index (χ4v) is 4.19. The summed E-state index contributed by atoms with van der Waals surface area (Å²) in [6, 6.07) is 18.9. The second kappa shape index (κ2) is 8.72. The molecule has 0 saturated carbocycles. The molecule has 2 heterocycles. The molecule has 2 aromatic carbocycles. The van der Waals surface area contributed by atoms with Gasteiger partial charge in [0.25, 0.3) is 0 Å². The van der Waals surface area contributed by atoms with E-state index in [9.17, 15) is 4.79 Å². The maximum absolute atomic E-state index is 13.1. The maximum atomic E-state index is 13.1. The molecule has 0 aromatic heterocycles. The number of carbonyl (C=O) groups excluding carboxylic acids is 1. The van der Waals surface area contributed by atoms with Gasteiger partial charge in [-0.3, -0.25) is 14.6 Å². The van der Waals surface area contributed by atoms with E-state index in [0.717, 1.165) is 45.7 Å². The van der Waals surface area contributed by atoms with E-state index < -0.39 is 0 Å². The number of amides is 1. The lowest BCUT2D eigenvalue weighted by Crippen LogP contribution is -2.55. The largest absolute Gasteiger partial charge is 0.339 e. The molecule has 2 aliphatic rings. The second-order valence-corrected chi connectivity index (χ2v) is 7.84. The minimum Gasteiger partial charge on any atom is -0.339 e. The molecule has 0 bridgehead atoms. The van der Waals surface area contributed by atoms with Crippen molar-refractivity contribution in [3.05, 3.63) is 77.4 Å². The van der Waals surface area contributed by atoms with Gasteiger partial charge in [0.05, 0.1) is 6.04 Å². The zero-order chi connectivity index (χ0) is 19.3. The van der Waals surface area contributed by atoms with Crippen LogP contribution in [0.2, 0.25) is 0 Å². The van der Waals surface area contributed by atoms with Crippen molar-refractivity contribution in [3.8, 4) is 0 Å². The normalized spacial score (nSPS) is 21.0. The molecule has 0 aliphatic carbocycles. The Hall–Kier alpha value is -2.43. The van der Waals surface area contributed by atoms with E-state index in [2.05, 4.69) is 82.4 Å². The highest BCUT2D eigenvalue weighted by Crippen LogP contribution is 2.23. The molecule has 146 valence electrons. The molecule has 4 nitrogen and oxygen atoms in total. The van der Waals surface area contributed by atoms with E-state index in [-0.39, 0.29) is 11.9 Å². The van der Waals surface area contributed by atoms with Crippen LogP contribution in [-0.2, 0) is 17.8 Å². The lowest BCUT2D eigenvalue weighted by Gasteiger charge is -2.40. The van der Waals surface area contributed by atoms with E-state index in [4.69, 9.17) is 0 Å². The molecule has 1 amide bonds. The van der Waals surface area contributed by atoms with Crippen LogP contribution in [0.25, 0.3) is 6.08 Å². The molecule has 28 heavy (non-hydrogen) atoms. The number of benzene rings is 2. The summed E-state index contributed by atoms with van der Waals surface area (Å²) in [6.45, 7) is 5.33. The fraction of sp³-hybridized carbons (Fsp3) is 0.375. The average molecular weight is 376 g/mol. The summed E-state index contributed by atoms with van der Waals surface area (Å²) >= 11 is 0. The first kappa shape index (κ1) is 18.9. The number of rotatable bonds is 4. The van der Waals surface area contributed by atoms with Gasteiger partial charge in [-0.1, -0.05) is 66.7 Å². The number of likely N-dealkylation sites (N-methyl/N-ethyl adjacent to an activating group) is 1. The third-order valence-electron chi connectivity index (χ3n) is 5.93. The topological polar surface area (TPSA) is 26.8 Å². The van der Waals surface area contributed by atoms with Crippen LogP contribution >= 0.6 is 0 Å². The lowest BCUT2D eigenvalue weighted by molar-refractivity contribution is -0.138. The molecule has 1 unspecified atom stereocenters. The molecule has 0 N–H and O–H groups in total. The van der Waals surface area contributed by atoms with E-state index in [1.54, 1.807) is 0 Å². The molecule has 2 aromatic rings. The van der Waals surface area contributed by atoms with Gasteiger partial charge in [0, 0.05) is 39.3 Å².